The maximum Gasteiger partial charge on any atom is 0.410 e. The molecule has 3 rings (SSSR count). The number of hydrogen-bond acceptors (Lipinski definition) is 7. The molecular weight excluding hydrogens is 452 g/mol. The van der Waals surface area contributed by atoms with Crippen LogP contribution in [0.25, 0.3) is 0 Å². The summed E-state index contributed by atoms with van der Waals surface area (Å²) in [5.41, 5.74) is -0.259. The molecule has 1 aromatic rings. The number of amides is 1. The average Bonchev–Trinajstić information content (AvgIpc) is 3.22. The highest BCUT2D eigenvalue weighted by Gasteiger charge is 2.50. The Labute approximate surface area is 177 Å². The molecule has 1 atom stereocenters. The van der Waals surface area contributed by atoms with Crippen LogP contribution in [0.15, 0.2) is 4.47 Å². The van der Waals surface area contributed by atoms with E-state index < -0.39 is 11.6 Å². The second-order valence-corrected chi connectivity index (χ2v) is 9.28. The van der Waals surface area contributed by atoms with Crippen molar-refractivity contribution in [3.8, 4) is 0 Å². The summed E-state index contributed by atoms with van der Waals surface area (Å²) in [5.74, 6) is -0.587. The molecule has 1 amide bonds. The molecule has 0 aliphatic carbocycles. The van der Waals surface area contributed by atoms with E-state index in [0.717, 1.165) is 19.3 Å². The van der Waals surface area contributed by atoms with E-state index in [2.05, 4.69) is 26.1 Å². The van der Waals surface area contributed by atoms with Crippen molar-refractivity contribution in [3.05, 3.63) is 15.3 Å². The highest BCUT2D eigenvalue weighted by molar-refractivity contribution is 9.10. The van der Waals surface area contributed by atoms with Crippen molar-refractivity contribution in [3.63, 3.8) is 0 Å². The van der Waals surface area contributed by atoms with Gasteiger partial charge in [-0.05, 0) is 56.0 Å². The van der Waals surface area contributed by atoms with Gasteiger partial charge in [0.15, 0.2) is 10.8 Å². The third kappa shape index (κ3) is 3.91. The number of likely N-dealkylation sites (tertiary alicyclic amines) is 1. The molecule has 2 aliphatic heterocycles. The highest BCUT2D eigenvalue weighted by atomic mass is 79.9. The summed E-state index contributed by atoms with van der Waals surface area (Å²) < 4.78 is 10.9. The van der Waals surface area contributed by atoms with Crippen molar-refractivity contribution in [1.29, 1.82) is 0 Å². The minimum absolute atomic E-state index is 0.0950. The van der Waals surface area contributed by atoms with Crippen LogP contribution in [0.5, 0.6) is 0 Å². The first-order valence-electron chi connectivity index (χ1n) is 9.13. The number of nitrogens with zero attached hydrogens (tertiary/aromatic N) is 4. The number of aromatic nitrogens is 2. The Morgan fingerprint density at radius 3 is 2.57 bits per heavy atom. The predicted octanol–water partition coefficient (Wildman–Crippen LogP) is 3.66. The Balaban J connectivity index is 1.90. The normalized spacial score (nSPS) is 22.1. The summed E-state index contributed by atoms with van der Waals surface area (Å²) in [7, 11) is 1.29. The fourth-order valence-electron chi connectivity index (χ4n) is 3.92. The fourth-order valence-corrected chi connectivity index (χ4v) is 4.57. The molecule has 1 spiro atoms. The van der Waals surface area contributed by atoms with Crippen LogP contribution in [0.1, 0.15) is 50.5 Å². The van der Waals surface area contributed by atoms with Gasteiger partial charge in [0.05, 0.1) is 22.8 Å². The molecule has 1 unspecified atom stereocenters. The molecule has 0 aromatic carbocycles. The van der Waals surface area contributed by atoms with E-state index in [4.69, 9.17) is 21.1 Å². The Bertz CT molecular complexity index is 801. The van der Waals surface area contributed by atoms with E-state index in [9.17, 15) is 9.59 Å². The van der Waals surface area contributed by atoms with Gasteiger partial charge < -0.3 is 19.3 Å². The van der Waals surface area contributed by atoms with Crippen molar-refractivity contribution >= 4 is 45.3 Å². The summed E-state index contributed by atoms with van der Waals surface area (Å²) in [6.45, 7) is 7.43. The summed E-state index contributed by atoms with van der Waals surface area (Å²) >= 11 is 9.56. The number of ether oxygens (including phenoxy) is 2. The minimum atomic E-state index is -0.587. The van der Waals surface area contributed by atoms with Crippen LogP contribution >= 0.6 is 27.5 Å². The molecule has 3 heterocycles. The largest absolute Gasteiger partial charge is 0.464 e. The number of methoxy groups -OCH3 is 1. The monoisotopic (exact) mass is 474 g/mol. The van der Waals surface area contributed by atoms with E-state index in [1.165, 1.54) is 7.11 Å². The van der Waals surface area contributed by atoms with Gasteiger partial charge in [-0.1, -0.05) is 11.6 Å². The zero-order chi connectivity index (χ0) is 20.7. The van der Waals surface area contributed by atoms with Gasteiger partial charge in [0, 0.05) is 19.6 Å². The first-order chi connectivity index (χ1) is 13.1. The van der Waals surface area contributed by atoms with Crippen LogP contribution in [0.4, 0.5) is 10.5 Å². The number of halogens is 2. The fraction of sp³-hybridized carbons (Fsp3) is 0.667. The molecule has 10 heteroatoms. The Morgan fingerprint density at radius 2 is 1.93 bits per heavy atom. The molecule has 0 saturated carbocycles. The number of hydrogen-bond donors (Lipinski definition) is 0. The van der Waals surface area contributed by atoms with Crippen molar-refractivity contribution in [2.45, 2.75) is 51.2 Å². The van der Waals surface area contributed by atoms with Gasteiger partial charge >= 0.3 is 12.1 Å². The average molecular weight is 476 g/mol. The van der Waals surface area contributed by atoms with E-state index in [-0.39, 0.29) is 22.5 Å². The summed E-state index contributed by atoms with van der Waals surface area (Å²) in [6.07, 6.45) is 2.25. The Morgan fingerprint density at radius 1 is 1.21 bits per heavy atom. The SMILES string of the molecule is COC(=O)c1nnc(Cl)c(Br)c1N1CCC2(CCCN2C(=O)OC(C)(C)C)C1. The van der Waals surface area contributed by atoms with Gasteiger partial charge in [-0.3, -0.25) is 0 Å². The number of anilines is 1. The molecular formula is C18H24BrClN4O4. The number of carbonyl (C=O) groups is 2. The molecule has 8 nitrogen and oxygen atoms in total. The zero-order valence-electron chi connectivity index (χ0n) is 16.4. The lowest BCUT2D eigenvalue weighted by molar-refractivity contribution is 0.0111. The van der Waals surface area contributed by atoms with Crippen molar-refractivity contribution < 1.29 is 19.1 Å². The third-order valence-electron chi connectivity index (χ3n) is 5.09. The molecule has 2 aliphatic rings. The van der Waals surface area contributed by atoms with Crippen molar-refractivity contribution in [2.24, 2.45) is 0 Å². The van der Waals surface area contributed by atoms with Crippen molar-refractivity contribution in [2.75, 3.05) is 31.6 Å². The highest BCUT2D eigenvalue weighted by Crippen LogP contribution is 2.43. The zero-order valence-corrected chi connectivity index (χ0v) is 18.8. The van der Waals surface area contributed by atoms with E-state index in [0.29, 0.717) is 29.8 Å². The second-order valence-electron chi connectivity index (χ2n) is 8.13. The molecule has 2 fully saturated rings. The number of carbonyl (C=O) groups excluding carboxylic acids is 2. The maximum atomic E-state index is 12.8. The standard InChI is InChI=1S/C18H24BrClN4O4/c1-17(2,3)28-16(26)24-8-5-6-18(24)7-9-23(10-18)13-11(19)14(20)22-21-12(13)15(25)27-4/h5-10H2,1-4H3. The topological polar surface area (TPSA) is 84.9 Å². The minimum Gasteiger partial charge on any atom is -0.464 e. The van der Waals surface area contributed by atoms with Crippen LogP contribution in [-0.4, -0.2) is 65.0 Å². The van der Waals surface area contributed by atoms with Gasteiger partial charge in [0.2, 0.25) is 0 Å². The van der Waals surface area contributed by atoms with Gasteiger partial charge in [0.1, 0.15) is 5.60 Å². The second kappa shape index (κ2) is 7.67. The van der Waals surface area contributed by atoms with E-state index >= 15 is 0 Å². The lowest BCUT2D eigenvalue weighted by atomic mass is 9.95. The first kappa shape index (κ1) is 21.1. The number of rotatable bonds is 2. The quantitative estimate of drug-likeness (QED) is 0.603. The lowest BCUT2D eigenvalue weighted by Crippen LogP contribution is -2.50. The molecule has 0 N–H and O–H groups in total. The predicted molar refractivity (Wildman–Crippen MR) is 108 cm³/mol. The van der Waals surface area contributed by atoms with Crippen LogP contribution < -0.4 is 4.90 Å². The van der Waals surface area contributed by atoms with Crippen LogP contribution in [0, 0.1) is 0 Å². The molecule has 0 radical (unpaired) electrons. The summed E-state index contributed by atoms with van der Waals surface area (Å²) in [5, 5.41) is 7.91. The Hall–Kier alpha value is -1.61. The first-order valence-corrected chi connectivity index (χ1v) is 10.3. The number of esters is 1. The lowest BCUT2D eigenvalue weighted by Gasteiger charge is -2.36. The van der Waals surface area contributed by atoms with Gasteiger partial charge in [-0.2, -0.15) is 0 Å². The molecule has 28 heavy (non-hydrogen) atoms. The molecule has 0 bridgehead atoms. The molecule has 154 valence electrons. The van der Waals surface area contributed by atoms with Crippen LogP contribution in [-0.2, 0) is 9.47 Å². The van der Waals surface area contributed by atoms with Crippen LogP contribution in [0.3, 0.4) is 0 Å². The third-order valence-corrected chi connectivity index (χ3v) is 6.33. The maximum absolute atomic E-state index is 12.8. The van der Waals surface area contributed by atoms with E-state index in [1.807, 2.05) is 30.6 Å². The van der Waals surface area contributed by atoms with Gasteiger partial charge in [0.25, 0.3) is 0 Å². The van der Waals surface area contributed by atoms with Crippen molar-refractivity contribution in [1.82, 2.24) is 15.1 Å². The Kier molecular flexibility index (Phi) is 5.78. The molecule has 2 saturated heterocycles. The van der Waals surface area contributed by atoms with Crippen LogP contribution in [0.2, 0.25) is 5.15 Å². The molecule has 1 aromatic heterocycles. The summed E-state index contributed by atoms with van der Waals surface area (Å²) in [4.78, 5) is 28.8. The smallest absolute Gasteiger partial charge is 0.410 e. The summed E-state index contributed by atoms with van der Waals surface area (Å²) in [6, 6.07) is 0. The van der Waals surface area contributed by atoms with Gasteiger partial charge in [-0.15, -0.1) is 10.2 Å². The van der Waals surface area contributed by atoms with E-state index in [1.54, 1.807) is 0 Å². The van der Waals surface area contributed by atoms with Gasteiger partial charge in [-0.25, -0.2) is 9.59 Å².